The van der Waals surface area contributed by atoms with E-state index >= 15 is 0 Å². The summed E-state index contributed by atoms with van der Waals surface area (Å²) in [6.45, 7) is 1.12. The first kappa shape index (κ1) is 12.8. The molecular weight excluding hydrogens is 246 g/mol. The lowest BCUT2D eigenvalue weighted by Crippen LogP contribution is -2.26. The number of carbonyl (C=O) groups excluding carboxylic acids is 1. The lowest BCUT2D eigenvalue weighted by Gasteiger charge is -2.06. The van der Waals surface area contributed by atoms with Crippen molar-refractivity contribution in [2.24, 2.45) is 0 Å². The number of nitrogens with zero attached hydrogens (tertiary/aromatic N) is 2. The molecule has 0 spiro atoms. The lowest BCUT2D eigenvalue weighted by molar-refractivity contribution is 0.0696. The van der Waals surface area contributed by atoms with Gasteiger partial charge in [-0.1, -0.05) is 0 Å². The van der Waals surface area contributed by atoms with Crippen LogP contribution in [0.5, 0.6) is 0 Å². The highest BCUT2D eigenvalue weighted by atomic mass is 16.4. The van der Waals surface area contributed by atoms with Gasteiger partial charge in [-0.05, 0) is 24.3 Å². The highest BCUT2D eigenvalue weighted by molar-refractivity contribution is 5.95. The summed E-state index contributed by atoms with van der Waals surface area (Å²) in [7, 11) is 0. The van der Waals surface area contributed by atoms with Crippen molar-refractivity contribution in [3.63, 3.8) is 0 Å². The summed E-state index contributed by atoms with van der Waals surface area (Å²) in [6.07, 6.45) is 5.16. The first-order valence-corrected chi connectivity index (χ1v) is 5.74. The lowest BCUT2D eigenvalue weighted by atomic mass is 10.1. The third kappa shape index (κ3) is 3.41. The van der Waals surface area contributed by atoms with Crippen LogP contribution in [0.3, 0.4) is 0 Å². The molecule has 6 heteroatoms. The molecule has 1 aromatic heterocycles. The average molecular weight is 259 g/mol. The van der Waals surface area contributed by atoms with Crippen LogP contribution in [-0.2, 0) is 6.54 Å². The van der Waals surface area contributed by atoms with Crippen LogP contribution in [0.2, 0.25) is 0 Å². The molecule has 0 aliphatic heterocycles. The Labute approximate surface area is 109 Å². The maximum Gasteiger partial charge on any atom is 0.335 e. The fourth-order valence-electron chi connectivity index (χ4n) is 1.58. The smallest absolute Gasteiger partial charge is 0.335 e. The van der Waals surface area contributed by atoms with Gasteiger partial charge in [-0.15, -0.1) is 0 Å². The number of aromatic nitrogens is 2. The number of amides is 1. The van der Waals surface area contributed by atoms with E-state index in [0.717, 1.165) is 0 Å². The highest BCUT2D eigenvalue weighted by Gasteiger charge is 2.07. The van der Waals surface area contributed by atoms with Crippen LogP contribution in [0, 0.1) is 0 Å². The molecule has 0 unspecified atom stereocenters. The normalized spacial score (nSPS) is 10.1. The SMILES string of the molecule is O=C(O)c1ccc(C(=O)NCCn2ccnc2)cc1. The molecule has 0 fully saturated rings. The molecule has 0 aliphatic carbocycles. The van der Waals surface area contributed by atoms with Gasteiger partial charge in [-0.3, -0.25) is 4.79 Å². The van der Waals surface area contributed by atoms with Crippen molar-refractivity contribution in [3.8, 4) is 0 Å². The van der Waals surface area contributed by atoms with E-state index in [2.05, 4.69) is 10.3 Å². The van der Waals surface area contributed by atoms with E-state index in [1.165, 1.54) is 24.3 Å². The highest BCUT2D eigenvalue weighted by Crippen LogP contribution is 2.04. The Kier molecular flexibility index (Phi) is 3.92. The molecule has 1 amide bonds. The Hall–Kier alpha value is -2.63. The third-order valence-electron chi connectivity index (χ3n) is 2.61. The van der Waals surface area contributed by atoms with Crippen LogP contribution in [0.4, 0.5) is 0 Å². The number of carbonyl (C=O) groups is 2. The van der Waals surface area contributed by atoms with Crippen LogP contribution in [0.1, 0.15) is 20.7 Å². The molecule has 98 valence electrons. The van der Waals surface area contributed by atoms with Crippen molar-refractivity contribution >= 4 is 11.9 Å². The van der Waals surface area contributed by atoms with Crippen molar-refractivity contribution in [3.05, 3.63) is 54.1 Å². The van der Waals surface area contributed by atoms with E-state index < -0.39 is 5.97 Å². The van der Waals surface area contributed by atoms with E-state index in [-0.39, 0.29) is 11.5 Å². The third-order valence-corrected chi connectivity index (χ3v) is 2.61. The van der Waals surface area contributed by atoms with E-state index in [9.17, 15) is 9.59 Å². The predicted octanol–water partition coefficient (Wildman–Crippen LogP) is 1.01. The van der Waals surface area contributed by atoms with Crippen molar-refractivity contribution < 1.29 is 14.7 Å². The number of carboxylic acid groups (broad SMARTS) is 1. The summed E-state index contributed by atoms with van der Waals surface area (Å²) in [4.78, 5) is 26.3. The number of nitrogens with one attached hydrogen (secondary N) is 1. The molecule has 6 nitrogen and oxygen atoms in total. The molecular formula is C13H13N3O3. The summed E-state index contributed by atoms with van der Waals surface area (Å²) in [5.41, 5.74) is 0.602. The summed E-state index contributed by atoms with van der Waals surface area (Å²) in [5, 5.41) is 11.5. The predicted molar refractivity (Wildman–Crippen MR) is 68.0 cm³/mol. The number of benzene rings is 1. The minimum absolute atomic E-state index is 0.162. The second kappa shape index (κ2) is 5.81. The molecule has 0 atom stereocenters. The van der Waals surface area contributed by atoms with E-state index in [1.807, 2.05) is 10.8 Å². The number of imidazole rings is 1. The monoisotopic (exact) mass is 259 g/mol. The summed E-state index contributed by atoms with van der Waals surface area (Å²) in [6, 6.07) is 5.81. The molecule has 0 bridgehead atoms. The Morgan fingerprint density at radius 2 is 1.89 bits per heavy atom. The second-order valence-electron chi connectivity index (χ2n) is 3.94. The molecule has 2 aromatic rings. The minimum Gasteiger partial charge on any atom is -0.478 e. The molecule has 0 saturated carbocycles. The van der Waals surface area contributed by atoms with Crippen molar-refractivity contribution in [2.45, 2.75) is 6.54 Å². The topological polar surface area (TPSA) is 84.2 Å². The summed E-state index contributed by atoms with van der Waals surface area (Å²) >= 11 is 0. The van der Waals surface area contributed by atoms with Gasteiger partial charge in [0.05, 0.1) is 11.9 Å². The fourth-order valence-corrected chi connectivity index (χ4v) is 1.58. The van der Waals surface area contributed by atoms with E-state index in [0.29, 0.717) is 18.7 Å². The molecule has 0 aliphatic rings. The van der Waals surface area contributed by atoms with Crippen LogP contribution < -0.4 is 5.32 Å². The standard InChI is InChI=1S/C13H13N3O3/c17-12(15-6-8-16-7-5-14-9-16)10-1-3-11(4-2-10)13(18)19/h1-5,7,9H,6,8H2,(H,15,17)(H,18,19). The Morgan fingerprint density at radius 3 is 2.47 bits per heavy atom. The summed E-state index contributed by atoms with van der Waals surface area (Å²) < 4.78 is 1.85. The zero-order chi connectivity index (χ0) is 13.7. The number of aromatic carboxylic acids is 1. The summed E-state index contributed by atoms with van der Waals surface area (Å²) in [5.74, 6) is -1.23. The molecule has 19 heavy (non-hydrogen) atoms. The number of carboxylic acids is 1. The first-order valence-electron chi connectivity index (χ1n) is 5.74. The van der Waals surface area contributed by atoms with Crippen molar-refractivity contribution in [1.29, 1.82) is 0 Å². The number of rotatable bonds is 5. The van der Waals surface area contributed by atoms with Gasteiger partial charge in [0.15, 0.2) is 0 Å². The van der Waals surface area contributed by atoms with Gasteiger partial charge >= 0.3 is 5.97 Å². The molecule has 0 radical (unpaired) electrons. The minimum atomic E-state index is -1.01. The Morgan fingerprint density at radius 1 is 1.21 bits per heavy atom. The Balaban J connectivity index is 1.87. The molecule has 1 aromatic carbocycles. The first-order chi connectivity index (χ1) is 9.16. The van der Waals surface area contributed by atoms with Crippen molar-refractivity contribution in [2.75, 3.05) is 6.54 Å². The van der Waals surface area contributed by atoms with Gasteiger partial charge < -0.3 is 15.0 Å². The van der Waals surface area contributed by atoms with Crippen LogP contribution in [0.15, 0.2) is 43.0 Å². The van der Waals surface area contributed by atoms with Gasteiger partial charge in [0.25, 0.3) is 5.91 Å². The quantitative estimate of drug-likeness (QED) is 0.839. The van der Waals surface area contributed by atoms with Gasteiger partial charge in [0.2, 0.25) is 0 Å². The van der Waals surface area contributed by atoms with Gasteiger partial charge in [-0.25, -0.2) is 9.78 Å². The van der Waals surface area contributed by atoms with Crippen LogP contribution >= 0.6 is 0 Å². The number of hydrogen-bond acceptors (Lipinski definition) is 3. The van der Waals surface area contributed by atoms with Crippen molar-refractivity contribution in [1.82, 2.24) is 14.9 Å². The van der Waals surface area contributed by atoms with Crippen LogP contribution in [-0.4, -0.2) is 33.1 Å². The molecule has 0 saturated heterocycles. The van der Waals surface area contributed by atoms with Gasteiger partial charge in [0.1, 0.15) is 0 Å². The van der Waals surface area contributed by atoms with Gasteiger partial charge in [-0.2, -0.15) is 0 Å². The number of hydrogen-bond donors (Lipinski definition) is 2. The molecule has 1 heterocycles. The largest absolute Gasteiger partial charge is 0.478 e. The molecule has 2 N–H and O–H groups in total. The second-order valence-corrected chi connectivity index (χ2v) is 3.94. The maximum absolute atomic E-state index is 11.8. The average Bonchev–Trinajstić information content (AvgIpc) is 2.92. The zero-order valence-electron chi connectivity index (χ0n) is 10.1. The van der Waals surface area contributed by atoms with Gasteiger partial charge in [0, 0.05) is 31.0 Å². The van der Waals surface area contributed by atoms with E-state index in [1.54, 1.807) is 12.5 Å². The maximum atomic E-state index is 11.8. The van der Waals surface area contributed by atoms with E-state index in [4.69, 9.17) is 5.11 Å². The molecule has 2 rings (SSSR count). The Bertz CT molecular complexity index is 561. The fraction of sp³-hybridized carbons (Fsp3) is 0.154. The zero-order valence-corrected chi connectivity index (χ0v) is 10.1. The van der Waals surface area contributed by atoms with Crippen LogP contribution in [0.25, 0.3) is 0 Å².